The molecule has 1 aromatic carbocycles. The zero-order valence-electron chi connectivity index (χ0n) is 14.1. The maximum atomic E-state index is 11.6. The van der Waals surface area contributed by atoms with Gasteiger partial charge >= 0.3 is 51.4 Å². The zero-order valence-corrected chi connectivity index (χ0v) is 17.2. The molecule has 2 atom stereocenters. The molecular weight excluding hydrogens is 315 g/mol. The molecule has 4 nitrogen and oxygen atoms in total. The standard InChI is InChI=1S/C18H20N2O2.K/c1-17(2)12-9-10-18(17,3)15-13(12)14(16(21)22)19-20(15)11-7-5-4-6-8-11;/h4-8,12H,9-10H2,1-3H3,(H,21,22);/q;+1/p-1. The number of carboxylic acids is 1. The van der Waals surface area contributed by atoms with Crippen molar-refractivity contribution >= 4 is 5.97 Å². The number of hydrogen-bond donors (Lipinski definition) is 0. The summed E-state index contributed by atoms with van der Waals surface area (Å²) in [6.07, 6.45) is 2.10. The molecule has 1 fully saturated rings. The van der Waals surface area contributed by atoms with Crippen molar-refractivity contribution in [3.63, 3.8) is 0 Å². The maximum Gasteiger partial charge on any atom is 1.00 e. The molecular formula is C18H19KN2O2. The Balaban J connectivity index is 0.00000156. The van der Waals surface area contributed by atoms with Crippen LogP contribution in [-0.4, -0.2) is 15.7 Å². The van der Waals surface area contributed by atoms with E-state index in [0.717, 1.165) is 29.8 Å². The average molecular weight is 334 g/mol. The third kappa shape index (κ3) is 2.10. The van der Waals surface area contributed by atoms with Gasteiger partial charge in [-0.25, -0.2) is 4.68 Å². The summed E-state index contributed by atoms with van der Waals surface area (Å²) >= 11 is 0. The van der Waals surface area contributed by atoms with E-state index < -0.39 is 5.97 Å². The topological polar surface area (TPSA) is 57.9 Å². The molecule has 5 heteroatoms. The molecule has 2 aromatic rings. The van der Waals surface area contributed by atoms with Crippen LogP contribution in [0, 0.1) is 5.41 Å². The van der Waals surface area contributed by atoms with Crippen LogP contribution in [0.2, 0.25) is 0 Å². The Kier molecular flexibility index (Phi) is 4.17. The molecule has 0 N–H and O–H groups in total. The molecule has 1 saturated carbocycles. The van der Waals surface area contributed by atoms with E-state index in [9.17, 15) is 9.90 Å². The number of carboxylic acid groups (broad SMARTS) is 1. The van der Waals surface area contributed by atoms with Gasteiger partial charge in [-0.1, -0.05) is 39.0 Å². The van der Waals surface area contributed by atoms with Crippen LogP contribution >= 0.6 is 0 Å². The molecule has 2 aliphatic carbocycles. The first-order valence-electron chi connectivity index (χ1n) is 7.78. The van der Waals surface area contributed by atoms with Crippen LogP contribution in [-0.2, 0) is 5.41 Å². The maximum absolute atomic E-state index is 11.6. The number of carbonyl (C=O) groups is 1. The number of aromatic carboxylic acids is 1. The van der Waals surface area contributed by atoms with Crippen LogP contribution in [0.25, 0.3) is 5.69 Å². The minimum absolute atomic E-state index is 0. The van der Waals surface area contributed by atoms with Crippen LogP contribution in [0.15, 0.2) is 30.3 Å². The normalized spacial score (nSPS) is 26.7. The molecule has 2 bridgehead atoms. The van der Waals surface area contributed by atoms with E-state index in [1.807, 2.05) is 35.0 Å². The van der Waals surface area contributed by atoms with E-state index in [4.69, 9.17) is 0 Å². The van der Waals surface area contributed by atoms with Crippen LogP contribution in [0.4, 0.5) is 0 Å². The Morgan fingerprint density at radius 1 is 1.26 bits per heavy atom. The molecule has 0 amide bonds. The number of para-hydroxylation sites is 1. The van der Waals surface area contributed by atoms with Gasteiger partial charge in [0.25, 0.3) is 0 Å². The van der Waals surface area contributed by atoms with Gasteiger partial charge in [0.1, 0.15) is 5.69 Å². The molecule has 2 aliphatic rings. The van der Waals surface area contributed by atoms with Crippen molar-refractivity contribution < 1.29 is 61.3 Å². The van der Waals surface area contributed by atoms with Crippen molar-refractivity contribution in [2.45, 2.75) is 44.9 Å². The number of nitrogens with zero attached hydrogens (tertiary/aromatic N) is 2. The summed E-state index contributed by atoms with van der Waals surface area (Å²) in [6.45, 7) is 6.75. The fourth-order valence-corrected chi connectivity index (χ4v) is 4.63. The number of carbonyl (C=O) groups excluding carboxylic acids is 1. The Hall–Kier alpha value is -0.464. The van der Waals surface area contributed by atoms with Gasteiger partial charge in [-0.15, -0.1) is 0 Å². The van der Waals surface area contributed by atoms with Crippen molar-refractivity contribution in [3.05, 3.63) is 47.3 Å². The summed E-state index contributed by atoms with van der Waals surface area (Å²) in [5, 5.41) is 16.0. The molecule has 1 heterocycles. The largest absolute Gasteiger partial charge is 1.00 e. The van der Waals surface area contributed by atoms with Gasteiger partial charge in [-0.05, 0) is 36.3 Å². The summed E-state index contributed by atoms with van der Waals surface area (Å²) in [5.74, 6) is -0.921. The van der Waals surface area contributed by atoms with Gasteiger partial charge in [0.15, 0.2) is 0 Å². The van der Waals surface area contributed by atoms with E-state index >= 15 is 0 Å². The van der Waals surface area contributed by atoms with E-state index in [2.05, 4.69) is 25.9 Å². The van der Waals surface area contributed by atoms with Crippen molar-refractivity contribution in [1.82, 2.24) is 9.78 Å². The number of hydrogen-bond acceptors (Lipinski definition) is 3. The van der Waals surface area contributed by atoms with E-state index in [-0.39, 0.29) is 73.8 Å². The molecule has 4 rings (SSSR count). The van der Waals surface area contributed by atoms with Crippen LogP contribution in [0.3, 0.4) is 0 Å². The van der Waals surface area contributed by atoms with Crippen molar-refractivity contribution in [2.75, 3.05) is 0 Å². The van der Waals surface area contributed by atoms with Gasteiger partial charge in [0.05, 0.1) is 17.4 Å². The third-order valence-electron chi connectivity index (χ3n) is 6.21. The summed E-state index contributed by atoms with van der Waals surface area (Å²) in [4.78, 5) is 11.6. The molecule has 0 saturated heterocycles. The van der Waals surface area contributed by atoms with E-state index in [0.29, 0.717) is 0 Å². The number of aromatic nitrogens is 2. The monoisotopic (exact) mass is 334 g/mol. The van der Waals surface area contributed by atoms with Crippen molar-refractivity contribution in [3.8, 4) is 5.69 Å². The smallest absolute Gasteiger partial charge is 0.543 e. The number of fused-ring (bicyclic) bond motifs is 5. The first kappa shape index (κ1) is 17.4. The Morgan fingerprint density at radius 2 is 1.91 bits per heavy atom. The third-order valence-corrected chi connectivity index (χ3v) is 6.21. The second-order valence-electron chi connectivity index (χ2n) is 7.29. The molecule has 114 valence electrons. The fraction of sp³-hybridized carbons (Fsp3) is 0.444. The molecule has 0 spiro atoms. The van der Waals surface area contributed by atoms with Crippen LogP contribution in [0.5, 0.6) is 0 Å². The Labute approximate surface area is 178 Å². The average Bonchev–Trinajstić information content (AvgIpc) is 3.03. The second-order valence-corrected chi connectivity index (χ2v) is 7.29. The first-order valence-corrected chi connectivity index (χ1v) is 7.78. The summed E-state index contributed by atoms with van der Waals surface area (Å²) < 4.78 is 1.83. The fourth-order valence-electron chi connectivity index (χ4n) is 4.63. The van der Waals surface area contributed by atoms with Gasteiger partial charge in [0, 0.05) is 11.0 Å². The Morgan fingerprint density at radius 3 is 2.52 bits per heavy atom. The Bertz CT molecular complexity index is 782. The van der Waals surface area contributed by atoms with Gasteiger partial charge in [-0.2, -0.15) is 5.10 Å². The quantitative estimate of drug-likeness (QED) is 0.690. The minimum Gasteiger partial charge on any atom is -0.543 e. The first-order chi connectivity index (χ1) is 10.4. The van der Waals surface area contributed by atoms with E-state index in [1.54, 1.807) is 0 Å². The summed E-state index contributed by atoms with van der Waals surface area (Å²) in [7, 11) is 0. The predicted octanol–water partition coefficient (Wildman–Crippen LogP) is -0.585. The SMILES string of the molecule is CC12CCC(c3c(C(=O)[O-])nn(-c4ccccc4)c31)C2(C)C.[K+]. The summed E-state index contributed by atoms with van der Waals surface area (Å²) in [6, 6.07) is 9.78. The van der Waals surface area contributed by atoms with Gasteiger partial charge < -0.3 is 9.90 Å². The molecule has 0 radical (unpaired) electrons. The molecule has 0 aliphatic heterocycles. The van der Waals surface area contributed by atoms with Gasteiger partial charge in [-0.3, -0.25) is 0 Å². The minimum atomic E-state index is -1.17. The number of benzene rings is 1. The number of rotatable bonds is 2. The van der Waals surface area contributed by atoms with E-state index in [1.165, 1.54) is 0 Å². The predicted molar refractivity (Wildman–Crippen MR) is 81.0 cm³/mol. The van der Waals surface area contributed by atoms with Gasteiger partial charge in [0.2, 0.25) is 0 Å². The summed E-state index contributed by atoms with van der Waals surface area (Å²) in [5.41, 5.74) is 3.00. The molecule has 23 heavy (non-hydrogen) atoms. The van der Waals surface area contributed by atoms with Crippen molar-refractivity contribution in [2.24, 2.45) is 5.41 Å². The molecule has 1 aromatic heterocycles. The van der Waals surface area contributed by atoms with Crippen LogP contribution in [0.1, 0.15) is 61.3 Å². The van der Waals surface area contributed by atoms with Crippen molar-refractivity contribution in [1.29, 1.82) is 0 Å². The second kappa shape index (κ2) is 5.53. The zero-order chi connectivity index (χ0) is 15.7. The molecule has 2 unspecified atom stereocenters. The van der Waals surface area contributed by atoms with Crippen LogP contribution < -0.4 is 56.5 Å².